The van der Waals surface area contributed by atoms with Gasteiger partial charge in [0.1, 0.15) is 11.6 Å². The minimum absolute atomic E-state index is 0.0385. The molecule has 34 heavy (non-hydrogen) atoms. The summed E-state index contributed by atoms with van der Waals surface area (Å²) in [5.74, 6) is 0.612. The number of hydrogen-bond donors (Lipinski definition) is 1. The maximum absolute atomic E-state index is 13.7. The highest BCUT2D eigenvalue weighted by molar-refractivity contribution is 7.99. The van der Waals surface area contributed by atoms with Gasteiger partial charge in [0.15, 0.2) is 11.0 Å². The summed E-state index contributed by atoms with van der Waals surface area (Å²) < 4.78 is 21.0. The normalized spacial score (nSPS) is 11.0. The van der Waals surface area contributed by atoms with Gasteiger partial charge in [0.05, 0.1) is 18.6 Å². The Labute approximate surface area is 199 Å². The van der Waals surface area contributed by atoms with Crippen LogP contribution in [0.2, 0.25) is 0 Å². The lowest BCUT2D eigenvalue weighted by Crippen LogP contribution is -2.20. The number of ether oxygens (including phenoxy) is 1. The fourth-order valence-electron chi connectivity index (χ4n) is 3.05. The van der Waals surface area contributed by atoms with Crippen molar-refractivity contribution in [1.29, 1.82) is 0 Å². The first kappa shape index (κ1) is 23.1. The Morgan fingerprint density at radius 1 is 1.15 bits per heavy atom. The molecule has 0 radical (unpaired) electrons. The molecular weight excluding hydrogens is 455 g/mol. The van der Waals surface area contributed by atoms with E-state index in [1.165, 1.54) is 24.0 Å². The van der Waals surface area contributed by atoms with Crippen molar-refractivity contribution in [3.63, 3.8) is 0 Å². The second-order valence-corrected chi connectivity index (χ2v) is 7.86. The summed E-state index contributed by atoms with van der Waals surface area (Å²) in [5, 5.41) is 13.0. The number of pyridine rings is 1. The summed E-state index contributed by atoms with van der Waals surface area (Å²) in [6.45, 7) is 2.50. The van der Waals surface area contributed by atoms with Crippen LogP contribution in [0.1, 0.15) is 12.5 Å². The molecule has 0 aliphatic rings. The first-order valence-corrected chi connectivity index (χ1v) is 11.4. The van der Waals surface area contributed by atoms with E-state index in [0.717, 1.165) is 17.0 Å². The SMILES string of the molecule is CCOc1ccc(-n2c(SCC(=O)N/N=C/c3ccccc3F)nnc2-c2cccnc2)cc1. The average Bonchev–Trinajstić information content (AvgIpc) is 3.29. The Morgan fingerprint density at radius 2 is 1.97 bits per heavy atom. The van der Waals surface area contributed by atoms with Gasteiger partial charge in [-0.15, -0.1) is 10.2 Å². The van der Waals surface area contributed by atoms with Crippen molar-refractivity contribution in [2.75, 3.05) is 12.4 Å². The van der Waals surface area contributed by atoms with Crippen LogP contribution in [0.15, 0.2) is 83.3 Å². The molecule has 10 heteroatoms. The molecule has 2 heterocycles. The summed E-state index contributed by atoms with van der Waals surface area (Å²) >= 11 is 1.21. The topological polar surface area (TPSA) is 94.3 Å². The number of aromatic nitrogens is 4. The number of benzene rings is 2. The molecule has 0 spiro atoms. The standard InChI is InChI=1S/C24H21FN6O2S/c1-2-33-20-11-9-19(10-12-20)31-23(18-7-5-13-26-14-18)29-30-24(31)34-16-22(32)28-27-15-17-6-3-4-8-21(17)25/h3-15H,2,16H2,1H3,(H,28,32)/b27-15+. The van der Waals surface area contributed by atoms with Gasteiger partial charge in [-0.1, -0.05) is 30.0 Å². The third-order valence-electron chi connectivity index (χ3n) is 4.59. The molecule has 1 amide bonds. The van der Waals surface area contributed by atoms with Crippen LogP contribution in [0.25, 0.3) is 17.1 Å². The van der Waals surface area contributed by atoms with Crippen LogP contribution >= 0.6 is 11.8 Å². The molecule has 0 saturated carbocycles. The summed E-state index contributed by atoms with van der Waals surface area (Å²) in [4.78, 5) is 16.5. The van der Waals surface area contributed by atoms with Gasteiger partial charge in [-0.2, -0.15) is 5.10 Å². The van der Waals surface area contributed by atoms with E-state index in [-0.39, 0.29) is 17.2 Å². The maximum atomic E-state index is 13.7. The first-order valence-electron chi connectivity index (χ1n) is 10.4. The summed E-state index contributed by atoms with van der Waals surface area (Å²) in [7, 11) is 0. The van der Waals surface area contributed by atoms with Crippen molar-refractivity contribution >= 4 is 23.9 Å². The zero-order valence-corrected chi connectivity index (χ0v) is 19.1. The Hall–Kier alpha value is -4.05. The molecule has 0 aliphatic heterocycles. The molecule has 0 fully saturated rings. The Kier molecular flexibility index (Phi) is 7.61. The van der Waals surface area contributed by atoms with Gasteiger partial charge in [-0.3, -0.25) is 14.3 Å². The molecule has 172 valence electrons. The van der Waals surface area contributed by atoms with E-state index in [1.807, 2.05) is 47.9 Å². The van der Waals surface area contributed by atoms with Gasteiger partial charge in [0.25, 0.3) is 5.91 Å². The first-order chi connectivity index (χ1) is 16.7. The van der Waals surface area contributed by atoms with Gasteiger partial charge in [-0.25, -0.2) is 9.82 Å². The minimum Gasteiger partial charge on any atom is -0.494 e. The third-order valence-corrected chi connectivity index (χ3v) is 5.52. The Balaban J connectivity index is 1.51. The highest BCUT2D eigenvalue weighted by Gasteiger charge is 2.17. The van der Waals surface area contributed by atoms with Crippen molar-refractivity contribution in [2.24, 2.45) is 5.10 Å². The van der Waals surface area contributed by atoms with Crippen molar-refractivity contribution in [2.45, 2.75) is 12.1 Å². The van der Waals surface area contributed by atoms with Gasteiger partial charge in [0, 0.05) is 29.2 Å². The number of carbonyl (C=O) groups is 1. The molecule has 0 saturated heterocycles. The van der Waals surface area contributed by atoms with E-state index in [2.05, 4.69) is 25.7 Å². The molecule has 2 aromatic carbocycles. The summed E-state index contributed by atoms with van der Waals surface area (Å²) in [6.07, 6.45) is 4.65. The zero-order chi connectivity index (χ0) is 23.8. The zero-order valence-electron chi connectivity index (χ0n) is 18.3. The van der Waals surface area contributed by atoms with Gasteiger partial charge < -0.3 is 4.74 Å². The number of hydrazone groups is 1. The number of thioether (sulfide) groups is 1. The Bertz CT molecular complexity index is 1280. The fraction of sp³-hybridized carbons (Fsp3) is 0.125. The van der Waals surface area contributed by atoms with Gasteiger partial charge >= 0.3 is 0 Å². The lowest BCUT2D eigenvalue weighted by Gasteiger charge is -2.11. The number of nitrogens with zero attached hydrogens (tertiary/aromatic N) is 5. The Morgan fingerprint density at radius 3 is 2.71 bits per heavy atom. The van der Waals surface area contributed by atoms with E-state index in [1.54, 1.807) is 30.6 Å². The predicted molar refractivity (Wildman–Crippen MR) is 129 cm³/mol. The maximum Gasteiger partial charge on any atom is 0.250 e. The van der Waals surface area contributed by atoms with Crippen LogP contribution in [0.4, 0.5) is 4.39 Å². The van der Waals surface area contributed by atoms with E-state index in [0.29, 0.717) is 17.6 Å². The third kappa shape index (κ3) is 5.65. The number of nitrogens with one attached hydrogen (secondary N) is 1. The lowest BCUT2D eigenvalue weighted by atomic mass is 10.2. The van der Waals surface area contributed by atoms with Gasteiger partial charge in [0.2, 0.25) is 0 Å². The predicted octanol–water partition coefficient (Wildman–Crippen LogP) is 4.11. The van der Waals surface area contributed by atoms with Crippen molar-refractivity contribution in [1.82, 2.24) is 25.2 Å². The molecule has 0 unspecified atom stereocenters. The molecule has 1 N–H and O–H groups in total. The van der Waals surface area contributed by atoms with E-state index in [9.17, 15) is 9.18 Å². The molecule has 0 atom stereocenters. The highest BCUT2D eigenvalue weighted by Crippen LogP contribution is 2.28. The van der Waals surface area contributed by atoms with Crippen LogP contribution in [0.3, 0.4) is 0 Å². The number of rotatable bonds is 9. The lowest BCUT2D eigenvalue weighted by molar-refractivity contribution is -0.118. The largest absolute Gasteiger partial charge is 0.494 e. The average molecular weight is 477 g/mol. The second-order valence-electron chi connectivity index (χ2n) is 6.91. The quantitative estimate of drug-likeness (QED) is 0.222. The molecule has 2 aromatic heterocycles. The van der Waals surface area contributed by atoms with Crippen molar-refractivity contribution in [3.8, 4) is 22.8 Å². The second kappa shape index (κ2) is 11.2. The molecule has 0 bridgehead atoms. The summed E-state index contributed by atoms with van der Waals surface area (Å²) in [5.41, 5.74) is 4.29. The van der Waals surface area contributed by atoms with Crippen molar-refractivity contribution < 1.29 is 13.9 Å². The number of amides is 1. The van der Waals surface area contributed by atoms with Crippen LogP contribution in [-0.4, -0.2) is 44.2 Å². The molecular formula is C24H21FN6O2S. The van der Waals surface area contributed by atoms with Crippen LogP contribution < -0.4 is 10.2 Å². The highest BCUT2D eigenvalue weighted by atomic mass is 32.2. The molecule has 8 nitrogen and oxygen atoms in total. The van der Waals surface area contributed by atoms with Crippen molar-refractivity contribution in [3.05, 3.63) is 84.4 Å². The number of carbonyl (C=O) groups excluding carboxylic acids is 1. The van der Waals surface area contributed by atoms with E-state index >= 15 is 0 Å². The van der Waals surface area contributed by atoms with Crippen LogP contribution in [0.5, 0.6) is 5.75 Å². The van der Waals surface area contributed by atoms with Crippen LogP contribution in [0, 0.1) is 5.82 Å². The molecule has 4 aromatic rings. The molecule has 4 rings (SSSR count). The fourth-order valence-corrected chi connectivity index (χ4v) is 3.80. The van der Waals surface area contributed by atoms with E-state index < -0.39 is 5.82 Å². The molecule has 0 aliphatic carbocycles. The van der Waals surface area contributed by atoms with E-state index in [4.69, 9.17) is 4.74 Å². The monoisotopic (exact) mass is 476 g/mol. The number of hydrogen-bond acceptors (Lipinski definition) is 7. The van der Waals surface area contributed by atoms with Gasteiger partial charge in [-0.05, 0) is 49.4 Å². The van der Waals surface area contributed by atoms with Crippen LogP contribution in [-0.2, 0) is 4.79 Å². The number of halogens is 1. The summed E-state index contributed by atoms with van der Waals surface area (Å²) in [6, 6.07) is 17.4. The smallest absolute Gasteiger partial charge is 0.250 e. The minimum atomic E-state index is -0.415.